The summed E-state index contributed by atoms with van der Waals surface area (Å²) in [6.45, 7) is 7.97. The predicted molar refractivity (Wildman–Crippen MR) is 118 cm³/mol. The molecular formula is C24H25N5O. The summed E-state index contributed by atoms with van der Waals surface area (Å²) in [5.41, 5.74) is 4.91. The molecule has 152 valence electrons. The molecule has 6 nitrogen and oxygen atoms in total. The number of hydrogen-bond acceptors (Lipinski definition) is 6. The lowest BCUT2D eigenvalue weighted by molar-refractivity contribution is -0.133. The molecule has 0 saturated carbocycles. The standard InChI is InChI=1S/C24H25N5O/c1-14-17(11-25)5-4-6-21(14)15(2)26-24-23-9-18(7-8-22(23)16(3)27-28-24)29-12-19-10-20(13-29)30-19/h4-9,15,19-20H,10,12-13H2,1-3H3,(H,26,28). The Morgan fingerprint density at radius 2 is 1.90 bits per heavy atom. The summed E-state index contributed by atoms with van der Waals surface area (Å²) in [5, 5.41) is 23.9. The number of fused-ring (bicyclic) bond motifs is 3. The highest BCUT2D eigenvalue weighted by atomic mass is 16.5. The molecule has 0 aliphatic carbocycles. The summed E-state index contributed by atoms with van der Waals surface area (Å²) in [6, 6.07) is 14.7. The van der Waals surface area contributed by atoms with Crippen molar-refractivity contribution < 1.29 is 4.74 Å². The number of aromatic nitrogens is 2. The summed E-state index contributed by atoms with van der Waals surface area (Å²) < 4.78 is 5.79. The molecule has 3 aliphatic rings. The number of anilines is 2. The van der Waals surface area contributed by atoms with E-state index in [1.165, 1.54) is 12.1 Å². The van der Waals surface area contributed by atoms with E-state index in [1.807, 2.05) is 26.0 Å². The summed E-state index contributed by atoms with van der Waals surface area (Å²) in [5.74, 6) is 0.769. The lowest BCUT2D eigenvalue weighted by Crippen LogP contribution is -2.57. The lowest BCUT2D eigenvalue weighted by Gasteiger charge is -2.48. The second kappa shape index (κ2) is 7.26. The zero-order valence-electron chi connectivity index (χ0n) is 17.5. The molecule has 6 rings (SSSR count). The van der Waals surface area contributed by atoms with Gasteiger partial charge in [0.05, 0.1) is 35.6 Å². The number of piperidine rings is 1. The Morgan fingerprint density at radius 3 is 2.63 bits per heavy atom. The largest absolute Gasteiger partial charge is 0.371 e. The van der Waals surface area contributed by atoms with Crippen LogP contribution in [0.4, 0.5) is 11.5 Å². The Morgan fingerprint density at radius 1 is 1.13 bits per heavy atom. The number of morpholine rings is 1. The van der Waals surface area contributed by atoms with Gasteiger partial charge in [-0.05, 0) is 50.1 Å². The first-order valence-electron chi connectivity index (χ1n) is 10.5. The van der Waals surface area contributed by atoms with E-state index >= 15 is 0 Å². The van der Waals surface area contributed by atoms with Crippen molar-refractivity contribution in [1.29, 1.82) is 5.26 Å². The minimum Gasteiger partial charge on any atom is -0.371 e. The fourth-order valence-electron chi connectivity index (χ4n) is 4.67. The second-order valence-corrected chi connectivity index (χ2v) is 8.38. The topological polar surface area (TPSA) is 74.1 Å². The van der Waals surface area contributed by atoms with E-state index in [4.69, 9.17) is 4.74 Å². The van der Waals surface area contributed by atoms with E-state index in [1.54, 1.807) is 0 Å². The Bertz CT molecular complexity index is 1150. The molecule has 3 aromatic rings. The van der Waals surface area contributed by atoms with Crippen LogP contribution >= 0.6 is 0 Å². The number of aryl methyl sites for hydroxylation is 1. The Balaban J connectivity index is 1.50. The van der Waals surface area contributed by atoms with Gasteiger partial charge in [-0.1, -0.05) is 18.2 Å². The van der Waals surface area contributed by atoms with Gasteiger partial charge in [0.2, 0.25) is 0 Å². The number of nitrogens with one attached hydrogen (secondary N) is 1. The van der Waals surface area contributed by atoms with Gasteiger partial charge in [-0.25, -0.2) is 0 Å². The maximum absolute atomic E-state index is 9.36. The molecule has 3 unspecified atom stereocenters. The van der Waals surface area contributed by atoms with Gasteiger partial charge in [0.15, 0.2) is 5.82 Å². The maximum atomic E-state index is 9.36. The van der Waals surface area contributed by atoms with E-state index < -0.39 is 0 Å². The number of ether oxygens (including phenoxy) is 1. The highest BCUT2D eigenvalue weighted by molar-refractivity contribution is 5.95. The van der Waals surface area contributed by atoms with Crippen LogP contribution in [-0.2, 0) is 4.74 Å². The van der Waals surface area contributed by atoms with Crippen LogP contribution in [0.2, 0.25) is 0 Å². The van der Waals surface area contributed by atoms with Crippen LogP contribution in [0.15, 0.2) is 36.4 Å². The van der Waals surface area contributed by atoms with Crippen molar-refractivity contribution in [3.05, 3.63) is 58.8 Å². The van der Waals surface area contributed by atoms with Crippen molar-refractivity contribution in [2.24, 2.45) is 0 Å². The van der Waals surface area contributed by atoms with Crippen molar-refractivity contribution in [2.75, 3.05) is 23.3 Å². The third-order valence-corrected chi connectivity index (χ3v) is 6.39. The molecule has 2 aromatic carbocycles. The highest BCUT2D eigenvalue weighted by Gasteiger charge is 2.38. The summed E-state index contributed by atoms with van der Waals surface area (Å²) in [4.78, 5) is 2.41. The minimum absolute atomic E-state index is 0.00167. The molecule has 3 saturated heterocycles. The van der Waals surface area contributed by atoms with Gasteiger partial charge < -0.3 is 15.0 Å². The number of rotatable bonds is 4. The summed E-state index contributed by atoms with van der Waals surface area (Å²) in [7, 11) is 0. The van der Waals surface area contributed by atoms with E-state index in [0.29, 0.717) is 17.8 Å². The smallest absolute Gasteiger partial charge is 0.157 e. The van der Waals surface area contributed by atoms with Gasteiger partial charge in [0.25, 0.3) is 0 Å². The molecule has 2 bridgehead atoms. The van der Waals surface area contributed by atoms with Crippen LogP contribution in [0, 0.1) is 25.2 Å². The Hall–Kier alpha value is -3.17. The van der Waals surface area contributed by atoms with Crippen molar-refractivity contribution >= 4 is 22.3 Å². The van der Waals surface area contributed by atoms with Crippen LogP contribution in [0.5, 0.6) is 0 Å². The SMILES string of the molecule is Cc1c(C#N)cccc1C(C)Nc1nnc(C)c2ccc(N3CC4CC(C3)O4)cc12. The number of nitrogens with zero attached hydrogens (tertiary/aromatic N) is 4. The molecule has 0 amide bonds. The third-order valence-electron chi connectivity index (χ3n) is 6.39. The van der Waals surface area contributed by atoms with Crippen LogP contribution in [0.3, 0.4) is 0 Å². The van der Waals surface area contributed by atoms with Crippen LogP contribution in [0.1, 0.15) is 41.8 Å². The maximum Gasteiger partial charge on any atom is 0.157 e. The molecule has 1 N–H and O–H groups in total. The van der Waals surface area contributed by atoms with Gasteiger partial charge in [0, 0.05) is 36.0 Å². The Labute approximate surface area is 176 Å². The zero-order chi connectivity index (χ0) is 20.8. The fourth-order valence-corrected chi connectivity index (χ4v) is 4.67. The molecule has 4 heterocycles. The van der Waals surface area contributed by atoms with Crippen molar-refractivity contribution in [3.63, 3.8) is 0 Å². The van der Waals surface area contributed by atoms with Crippen LogP contribution in [0.25, 0.3) is 10.8 Å². The van der Waals surface area contributed by atoms with Crippen LogP contribution < -0.4 is 10.2 Å². The Kier molecular flexibility index (Phi) is 4.56. The number of benzene rings is 2. The monoisotopic (exact) mass is 399 g/mol. The molecule has 1 aromatic heterocycles. The third kappa shape index (κ3) is 3.16. The predicted octanol–water partition coefficient (Wildman–Crippen LogP) is 4.27. The first kappa shape index (κ1) is 18.8. The first-order valence-corrected chi connectivity index (χ1v) is 10.5. The molecule has 30 heavy (non-hydrogen) atoms. The van der Waals surface area contributed by atoms with Gasteiger partial charge in [-0.2, -0.15) is 10.4 Å². The molecule has 3 atom stereocenters. The van der Waals surface area contributed by atoms with E-state index in [9.17, 15) is 5.26 Å². The molecule has 0 radical (unpaired) electrons. The fraction of sp³-hybridized carbons (Fsp3) is 0.375. The molecule has 3 fully saturated rings. The first-order chi connectivity index (χ1) is 14.5. The molecule has 0 spiro atoms. The second-order valence-electron chi connectivity index (χ2n) is 8.38. The van der Waals surface area contributed by atoms with Gasteiger partial charge in [0.1, 0.15) is 0 Å². The van der Waals surface area contributed by atoms with Crippen molar-refractivity contribution in [2.45, 2.75) is 45.4 Å². The summed E-state index contributed by atoms with van der Waals surface area (Å²) in [6.07, 6.45) is 1.91. The van der Waals surface area contributed by atoms with Gasteiger partial charge >= 0.3 is 0 Å². The van der Waals surface area contributed by atoms with Crippen LogP contribution in [-0.4, -0.2) is 35.5 Å². The van der Waals surface area contributed by atoms with Crippen molar-refractivity contribution in [1.82, 2.24) is 10.2 Å². The van der Waals surface area contributed by atoms with Gasteiger partial charge in [-0.15, -0.1) is 5.10 Å². The lowest BCUT2D eigenvalue weighted by atomic mass is 9.97. The normalized spacial score (nSPS) is 21.1. The highest BCUT2D eigenvalue weighted by Crippen LogP contribution is 2.35. The van der Waals surface area contributed by atoms with Crippen molar-refractivity contribution in [3.8, 4) is 6.07 Å². The van der Waals surface area contributed by atoms with Gasteiger partial charge in [-0.3, -0.25) is 0 Å². The molecular weight excluding hydrogens is 374 g/mol. The van der Waals surface area contributed by atoms with E-state index in [-0.39, 0.29) is 6.04 Å². The zero-order valence-corrected chi connectivity index (χ0v) is 17.5. The minimum atomic E-state index is -0.00167. The number of hydrogen-bond donors (Lipinski definition) is 1. The van der Waals surface area contributed by atoms with E-state index in [0.717, 1.165) is 46.5 Å². The average molecular weight is 399 g/mol. The van der Waals surface area contributed by atoms with E-state index in [2.05, 4.69) is 57.7 Å². The molecule has 6 heteroatoms. The quantitative estimate of drug-likeness (QED) is 0.706. The average Bonchev–Trinajstić information content (AvgIpc) is 2.75. The molecule has 3 aliphatic heterocycles. The number of nitriles is 1. The summed E-state index contributed by atoms with van der Waals surface area (Å²) >= 11 is 0.